The molecule has 6 heteroatoms. The molecule has 0 spiro atoms. The van der Waals surface area contributed by atoms with E-state index in [9.17, 15) is 9.59 Å². The molecule has 0 radical (unpaired) electrons. The highest BCUT2D eigenvalue weighted by molar-refractivity contribution is 8.04. The van der Waals surface area contributed by atoms with E-state index >= 15 is 0 Å². The minimum atomic E-state index is -0.309. The Morgan fingerprint density at radius 2 is 1.67 bits per heavy atom. The number of carbonyl (C=O) groups is 2. The van der Waals surface area contributed by atoms with E-state index in [0.29, 0.717) is 21.8 Å². The molecule has 2 amide bonds. The molecule has 0 aliphatic carbocycles. The third kappa shape index (κ3) is 4.70. The summed E-state index contributed by atoms with van der Waals surface area (Å²) in [6.45, 7) is 8.44. The number of carbonyl (C=O) groups excluding carboxylic acids is 2. The minimum Gasteiger partial charge on any atom is -0.496 e. The van der Waals surface area contributed by atoms with Crippen LogP contribution in [0.2, 0.25) is 0 Å². The Kier molecular flexibility index (Phi) is 6.87. The van der Waals surface area contributed by atoms with E-state index in [4.69, 9.17) is 9.47 Å². The summed E-state index contributed by atoms with van der Waals surface area (Å²) < 4.78 is 11.3. The van der Waals surface area contributed by atoms with Crippen molar-refractivity contribution in [3.8, 4) is 11.5 Å². The van der Waals surface area contributed by atoms with Crippen molar-refractivity contribution < 1.29 is 19.1 Å². The Bertz CT molecular complexity index is 976. The van der Waals surface area contributed by atoms with Gasteiger partial charge in [0.1, 0.15) is 18.1 Å². The van der Waals surface area contributed by atoms with Crippen molar-refractivity contribution in [2.75, 3.05) is 20.3 Å². The van der Waals surface area contributed by atoms with Crippen molar-refractivity contribution >= 4 is 29.1 Å². The van der Waals surface area contributed by atoms with Gasteiger partial charge in [-0.25, -0.2) is 0 Å². The van der Waals surface area contributed by atoms with Crippen molar-refractivity contribution in [3.63, 3.8) is 0 Å². The van der Waals surface area contributed by atoms with E-state index in [1.165, 1.54) is 16.7 Å². The first-order valence-electron chi connectivity index (χ1n) is 9.93. The van der Waals surface area contributed by atoms with Gasteiger partial charge in [-0.15, -0.1) is 11.8 Å². The molecule has 0 atom stereocenters. The number of nitrogens with zero attached hydrogens (tertiary/aromatic N) is 1. The van der Waals surface area contributed by atoms with E-state index in [1.807, 2.05) is 58.0 Å². The van der Waals surface area contributed by atoms with Crippen molar-refractivity contribution in [2.24, 2.45) is 0 Å². The summed E-state index contributed by atoms with van der Waals surface area (Å²) in [5.41, 5.74) is 3.25. The Balaban J connectivity index is 1.83. The summed E-state index contributed by atoms with van der Waals surface area (Å²) in [4.78, 5) is 28.1. The van der Waals surface area contributed by atoms with Crippen LogP contribution in [0, 0.1) is 13.8 Å². The van der Waals surface area contributed by atoms with Gasteiger partial charge >= 0.3 is 0 Å². The zero-order valence-electron chi connectivity index (χ0n) is 18.0. The van der Waals surface area contributed by atoms with E-state index in [0.717, 1.165) is 16.9 Å². The number of aryl methyl sites for hydroxylation is 2. The standard InChI is InChI=1S/C24H27NO4S/c1-15(2)30-22-21(19-8-6-7-9-20(19)28-5)23(26)25(24(22)27)10-11-29-18-13-16(3)12-17(4)14-18/h6-9,12-15H,10-11H2,1-5H3. The lowest BCUT2D eigenvalue weighted by Crippen LogP contribution is -2.35. The summed E-state index contributed by atoms with van der Waals surface area (Å²) in [5, 5.41) is 0.160. The number of ether oxygens (including phenoxy) is 2. The highest BCUT2D eigenvalue weighted by Crippen LogP contribution is 2.40. The maximum atomic E-state index is 13.2. The minimum absolute atomic E-state index is 0.160. The van der Waals surface area contributed by atoms with Gasteiger partial charge in [0, 0.05) is 10.8 Å². The number of methoxy groups -OCH3 is 1. The number of thioether (sulfide) groups is 1. The Morgan fingerprint density at radius 3 is 2.30 bits per heavy atom. The second-order valence-corrected chi connectivity index (χ2v) is 9.09. The first kappa shape index (κ1) is 22.0. The fourth-order valence-corrected chi connectivity index (χ4v) is 4.46. The van der Waals surface area contributed by atoms with Crippen LogP contribution in [0.15, 0.2) is 47.4 Å². The number of hydrogen-bond acceptors (Lipinski definition) is 5. The first-order valence-corrected chi connectivity index (χ1v) is 10.8. The average Bonchev–Trinajstić information content (AvgIpc) is 2.91. The predicted molar refractivity (Wildman–Crippen MR) is 121 cm³/mol. The quantitative estimate of drug-likeness (QED) is 0.578. The number of imide groups is 1. The van der Waals surface area contributed by atoms with Crippen molar-refractivity contribution in [2.45, 2.75) is 32.9 Å². The molecule has 1 heterocycles. The Morgan fingerprint density at radius 1 is 1.00 bits per heavy atom. The van der Waals surface area contributed by atoms with Crippen LogP contribution in [0.5, 0.6) is 11.5 Å². The van der Waals surface area contributed by atoms with Crippen molar-refractivity contribution in [1.29, 1.82) is 0 Å². The third-order valence-electron chi connectivity index (χ3n) is 4.63. The number of para-hydroxylation sites is 1. The molecule has 3 rings (SSSR count). The molecule has 0 saturated heterocycles. The van der Waals surface area contributed by atoms with Gasteiger partial charge in [-0.3, -0.25) is 14.5 Å². The van der Waals surface area contributed by atoms with Gasteiger partial charge in [-0.05, 0) is 43.2 Å². The fourth-order valence-electron chi connectivity index (χ4n) is 3.46. The topological polar surface area (TPSA) is 55.8 Å². The molecule has 1 aliphatic heterocycles. The second-order valence-electron chi connectivity index (χ2n) is 7.50. The molecule has 5 nitrogen and oxygen atoms in total. The zero-order chi connectivity index (χ0) is 21.8. The first-order chi connectivity index (χ1) is 14.3. The number of rotatable bonds is 8. The van der Waals surface area contributed by atoms with Crippen LogP contribution in [-0.2, 0) is 9.59 Å². The Hall–Kier alpha value is -2.73. The van der Waals surface area contributed by atoms with Crippen LogP contribution >= 0.6 is 11.8 Å². The summed E-state index contributed by atoms with van der Waals surface area (Å²) in [5.74, 6) is 0.727. The van der Waals surface area contributed by atoms with Crippen LogP contribution in [0.4, 0.5) is 0 Å². The lowest BCUT2D eigenvalue weighted by Gasteiger charge is -2.16. The molecule has 1 aliphatic rings. The molecule has 0 saturated carbocycles. The third-order valence-corrected chi connectivity index (χ3v) is 5.72. The van der Waals surface area contributed by atoms with E-state index in [-0.39, 0.29) is 30.2 Å². The SMILES string of the molecule is COc1ccccc1C1=C(SC(C)C)C(=O)N(CCOc2cc(C)cc(C)c2)C1=O. The molecular formula is C24H27NO4S. The van der Waals surface area contributed by atoms with Gasteiger partial charge in [0.15, 0.2) is 0 Å². The highest BCUT2D eigenvalue weighted by atomic mass is 32.2. The van der Waals surface area contributed by atoms with Crippen LogP contribution in [0.3, 0.4) is 0 Å². The van der Waals surface area contributed by atoms with Gasteiger partial charge in [-0.1, -0.05) is 38.1 Å². The van der Waals surface area contributed by atoms with Crippen LogP contribution in [0.1, 0.15) is 30.5 Å². The molecule has 0 N–H and O–H groups in total. The summed E-state index contributed by atoms with van der Waals surface area (Å²) in [7, 11) is 1.56. The monoisotopic (exact) mass is 425 g/mol. The van der Waals surface area contributed by atoms with E-state index < -0.39 is 0 Å². The highest BCUT2D eigenvalue weighted by Gasteiger charge is 2.40. The van der Waals surface area contributed by atoms with Crippen LogP contribution in [-0.4, -0.2) is 42.2 Å². The van der Waals surface area contributed by atoms with E-state index in [1.54, 1.807) is 13.2 Å². The zero-order valence-corrected chi connectivity index (χ0v) is 18.8. The number of benzene rings is 2. The lowest BCUT2D eigenvalue weighted by atomic mass is 10.1. The second kappa shape index (κ2) is 9.39. The van der Waals surface area contributed by atoms with Gasteiger partial charge in [0.05, 0.1) is 24.1 Å². The summed E-state index contributed by atoms with van der Waals surface area (Å²) >= 11 is 1.40. The molecule has 0 fully saturated rings. The molecule has 2 aromatic rings. The van der Waals surface area contributed by atoms with Crippen molar-refractivity contribution in [3.05, 3.63) is 64.1 Å². The van der Waals surface area contributed by atoms with Gasteiger partial charge in [0.25, 0.3) is 11.8 Å². The lowest BCUT2D eigenvalue weighted by molar-refractivity contribution is -0.136. The van der Waals surface area contributed by atoms with Crippen LogP contribution < -0.4 is 9.47 Å². The average molecular weight is 426 g/mol. The molecule has 30 heavy (non-hydrogen) atoms. The van der Waals surface area contributed by atoms with Gasteiger partial charge < -0.3 is 9.47 Å². The fraction of sp³-hybridized carbons (Fsp3) is 0.333. The normalized spacial score (nSPS) is 14.1. The molecule has 0 aromatic heterocycles. The van der Waals surface area contributed by atoms with Crippen molar-refractivity contribution in [1.82, 2.24) is 4.90 Å². The largest absolute Gasteiger partial charge is 0.496 e. The molecule has 2 aromatic carbocycles. The maximum Gasteiger partial charge on any atom is 0.268 e. The smallest absolute Gasteiger partial charge is 0.268 e. The predicted octanol–water partition coefficient (Wildman–Crippen LogP) is 4.61. The van der Waals surface area contributed by atoms with Gasteiger partial charge in [-0.2, -0.15) is 0 Å². The molecule has 0 unspecified atom stereocenters. The van der Waals surface area contributed by atoms with Gasteiger partial charge in [0.2, 0.25) is 0 Å². The van der Waals surface area contributed by atoms with E-state index in [2.05, 4.69) is 6.07 Å². The molecular weight excluding hydrogens is 398 g/mol. The maximum absolute atomic E-state index is 13.2. The summed E-state index contributed by atoms with van der Waals surface area (Å²) in [6.07, 6.45) is 0. The molecule has 0 bridgehead atoms. The molecule has 158 valence electrons. The number of amides is 2. The Labute approximate surface area is 182 Å². The van der Waals surface area contributed by atoms with Crippen LogP contribution in [0.25, 0.3) is 5.57 Å². The summed E-state index contributed by atoms with van der Waals surface area (Å²) in [6, 6.07) is 13.2. The number of hydrogen-bond donors (Lipinski definition) is 0.